The molecule has 1 aromatic heterocycles. The van der Waals surface area contributed by atoms with Crippen LogP contribution in [-0.4, -0.2) is 0 Å². The second-order valence-corrected chi connectivity index (χ2v) is 8.63. The van der Waals surface area contributed by atoms with Crippen molar-refractivity contribution < 1.29 is 4.57 Å². The van der Waals surface area contributed by atoms with E-state index in [2.05, 4.69) is 80.1 Å². The van der Waals surface area contributed by atoms with Crippen LogP contribution in [0.3, 0.4) is 0 Å². The lowest BCUT2D eigenvalue weighted by atomic mass is 9.82. The van der Waals surface area contributed by atoms with E-state index in [0.29, 0.717) is 12.0 Å². The van der Waals surface area contributed by atoms with Crippen LogP contribution in [0.15, 0.2) is 54.7 Å². The first kappa shape index (κ1) is 19.2. The molecule has 0 aliphatic carbocycles. The smallest absolute Gasteiger partial charge is 0.195 e. The third kappa shape index (κ3) is 3.60. The summed E-state index contributed by atoms with van der Waals surface area (Å²) < 4.78 is 2.49. The summed E-state index contributed by atoms with van der Waals surface area (Å²) in [6.45, 7) is 7.05. The SMILES string of the molecule is CCCCCCCCc1ccc2c(c1)C(C)C(C)[n+]1ccc3ccccc3c1-2. The lowest BCUT2D eigenvalue weighted by molar-refractivity contribution is -0.713. The van der Waals surface area contributed by atoms with Gasteiger partial charge in [0.15, 0.2) is 12.2 Å². The topological polar surface area (TPSA) is 3.88 Å². The van der Waals surface area contributed by atoms with Gasteiger partial charge in [0, 0.05) is 12.0 Å². The first-order valence-corrected chi connectivity index (χ1v) is 11.3. The summed E-state index contributed by atoms with van der Waals surface area (Å²) in [5.74, 6) is 0.540. The fraction of sp³-hybridized carbons (Fsp3) is 0.444. The van der Waals surface area contributed by atoms with E-state index in [9.17, 15) is 0 Å². The van der Waals surface area contributed by atoms with Gasteiger partial charge in [-0.15, -0.1) is 0 Å². The number of pyridine rings is 1. The highest BCUT2D eigenvalue weighted by Crippen LogP contribution is 2.40. The number of unbranched alkanes of at least 4 members (excludes halogenated alkanes) is 5. The molecule has 4 rings (SSSR count). The molecule has 2 unspecified atom stereocenters. The molecule has 1 heteroatoms. The third-order valence-electron chi connectivity index (χ3n) is 6.73. The van der Waals surface area contributed by atoms with Crippen LogP contribution < -0.4 is 4.57 Å². The maximum absolute atomic E-state index is 2.51. The molecular formula is C27H34N+. The van der Waals surface area contributed by atoms with Gasteiger partial charge in [0.1, 0.15) is 0 Å². The molecule has 0 N–H and O–H groups in total. The van der Waals surface area contributed by atoms with E-state index in [0.717, 1.165) is 0 Å². The maximum atomic E-state index is 2.51. The van der Waals surface area contributed by atoms with Gasteiger partial charge in [0.2, 0.25) is 5.69 Å². The largest absolute Gasteiger partial charge is 0.220 e. The van der Waals surface area contributed by atoms with Gasteiger partial charge < -0.3 is 0 Å². The van der Waals surface area contributed by atoms with Gasteiger partial charge in [-0.25, -0.2) is 0 Å². The molecule has 0 saturated heterocycles. The summed E-state index contributed by atoms with van der Waals surface area (Å²) in [5.41, 5.74) is 5.87. The first-order chi connectivity index (χ1) is 13.7. The first-order valence-electron chi connectivity index (χ1n) is 11.3. The van der Waals surface area contributed by atoms with Crippen molar-refractivity contribution >= 4 is 10.8 Å². The van der Waals surface area contributed by atoms with Gasteiger partial charge in [0.25, 0.3) is 0 Å². The minimum Gasteiger partial charge on any atom is -0.195 e. The van der Waals surface area contributed by atoms with Crippen LogP contribution in [0.2, 0.25) is 0 Å². The molecule has 0 spiro atoms. The Morgan fingerprint density at radius 2 is 1.64 bits per heavy atom. The molecule has 146 valence electrons. The summed E-state index contributed by atoms with van der Waals surface area (Å²) in [4.78, 5) is 0. The van der Waals surface area contributed by atoms with Gasteiger partial charge in [-0.05, 0) is 48.4 Å². The minimum absolute atomic E-state index is 0.483. The molecule has 28 heavy (non-hydrogen) atoms. The second kappa shape index (κ2) is 8.47. The van der Waals surface area contributed by atoms with Crippen LogP contribution in [0.5, 0.6) is 0 Å². The molecular weight excluding hydrogens is 338 g/mol. The Bertz CT molecular complexity index is 956. The average Bonchev–Trinajstić information content (AvgIpc) is 2.73. The Hall–Kier alpha value is -2.15. The van der Waals surface area contributed by atoms with Gasteiger partial charge in [-0.2, -0.15) is 4.57 Å². The molecule has 0 fully saturated rings. The minimum atomic E-state index is 0.483. The zero-order valence-corrected chi connectivity index (χ0v) is 17.7. The second-order valence-electron chi connectivity index (χ2n) is 8.63. The molecule has 0 saturated carbocycles. The fourth-order valence-corrected chi connectivity index (χ4v) is 4.83. The van der Waals surface area contributed by atoms with Crippen LogP contribution in [0, 0.1) is 0 Å². The number of fused-ring (bicyclic) bond motifs is 5. The molecule has 1 nitrogen and oxygen atoms in total. The van der Waals surface area contributed by atoms with Crippen molar-refractivity contribution in [1.82, 2.24) is 0 Å². The van der Waals surface area contributed by atoms with Crippen LogP contribution in [0.4, 0.5) is 0 Å². The van der Waals surface area contributed by atoms with E-state index in [1.807, 2.05) is 0 Å². The Morgan fingerprint density at radius 1 is 0.857 bits per heavy atom. The molecule has 0 bridgehead atoms. The van der Waals surface area contributed by atoms with Gasteiger partial charge >= 0.3 is 0 Å². The number of aryl methyl sites for hydroxylation is 1. The normalized spacial score (nSPS) is 18.1. The molecule has 1 aliphatic heterocycles. The number of rotatable bonds is 7. The van der Waals surface area contributed by atoms with E-state index < -0.39 is 0 Å². The van der Waals surface area contributed by atoms with Crippen LogP contribution >= 0.6 is 0 Å². The summed E-state index contributed by atoms with van der Waals surface area (Å²) in [6, 6.07) is 18.8. The van der Waals surface area contributed by atoms with E-state index in [-0.39, 0.29) is 0 Å². The quantitative estimate of drug-likeness (QED) is 0.301. The molecule has 2 atom stereocenters. The van der Waals surface area contributed by atoms with E-state index >= 15 is 0 Å². The molecule has 0 amide bonds. The van der Waals surface area contributed by atoms with E-state index in [4.69, 9.17) is 0 Å². The number of aromatic nitrogens is 1. The monoisotopic (exact) mass is 372 g/mol. The highest BCUT2D eigenvalue weighted by Gasteiger charge is 2.35. The van der Waals surface area contributed by atoms with Crippen molar-refractivity contribution in [3.05, 3.63) is 65.9 Å². The molecule has 0 radical (unpaired) electrons. The highest BCUT2D eigenvalue weighted by atomic mass is 15.0. The van der Waals surface area contributed by atoms with Crippen LogP contribution in [0.1, 0.15) is 82.4 Å². The number of hydrogen-bond acceptors (Lipinski definition) is 0. The van der Waals surface area contributed by atoms with Crippen molar-refractivity contribution in [3.8, 4) is 11.3 Å². The van der Waals surface area contributed by atoms with Gasteiger partial charge in [0.05, 0.1) is 10.9 Å². The molecule has 1 aliphatic rings. The van der Waals surface area contributed by atoms with E-state index in [1.165, 1.54) is 78.1 Å². The van der Waals surface area contributed by atoms with Crippen LogP contribution in [-0.2, 0) is 6.42 Å². The van der Waals surface area contributed by atoms with Crippen molar-refractivity contribution in [2.75, 3.05) is 0 Å². The summed E-state index contributed by atoms with van der Waals surface area (Å²) in [7, 11) is 0. The average molecular weight is 373 g/mol. The van der Waals surface area contributed by atoms with Crippen molar-refractivity contribution in [2.45, 2.75) is 77.7 Å². The van der Waals surface area contributed by atoms with Crippen molar-refractivity contribution in [3.63, 3.8) is 0 Å². The Kier molecular flexibility index (Phi) is 5.80. The highest BCUT2D eigenvalue weighted by molar-refractivity contribution is 5.94. The standard InChI is InChI=1S/C27H34N/c1-4-5-6-7-8-9-12-22-15-16-25-26(19-22)20(2)21(3)28-18-17-23-13-10-11-14-24(23)27(25)28/h10-11,13-21H,4-9,12H2,1-3H3/q+1. The summed E-state index contributed by atoms with van der Waals surface area (Å²) >= 11 is 0. The maximum Gasteiger partial charge on any atom is 0.220 e. The zero-order valence-electron chi connectivity index (χ0n) is 17.7. The molecule has 2 heterocycles. The molecule has 3 aromatic rings. The summed E-state index contributed by atoms with van der Waals surface area (Å²) in [5, 5.41) is 2.70. The lowest BCUT2D eigenvalue weighted by Gasteiger charge is -2.27. The lowest BCUT2D eigenvalue weighted by Crippen LogP contribution is -2.45. The predicted octanol–water partition coefficient (Wildman–Crippen LogP) is 7.38. The Labute approximate surface area is 170 Å². The number of hydrogen-bond donors (Lipinski definition) is 0. The van der Waals surface area contributed by atoms with Crippen LogP contribution in [0.25, 0.3) is 22.0 Å². The zero-order chi connectivity index (χ0) is 19.5. The van der Waals surface area contributed by atoms with Gasteiger partial charge in [-0.3, -0.25) is 0 Å². The molecule has 2 aromatic carbocycles. The van der Waals surface area contributed by atoms with E-state index in [1.54, 1.807) is 0 Å². The number of benzene rings is 2. The fourth-order valence-electron chi connectivity index (χ4n) is 4.83. The van der Waals surface area contributed by atoms with Gasteiger partial charge in [-0.1, -0.05) is 76.3 Å². The predicted molar refractivity (Wildman–Crippen MR) is 120 cm³/mol. The number of nitrogens with zero attached hydrogens (tertiary/aromatic N) is 1. The Morgan fingerprint density at radius 3 is 2.50 bits per heavy atom. The Balaban J connectivity index is 1.63. The third-order valence-corrected chi connectivity index (χ3v) is 6.73. The van der Waals surface area contributed by atoms with Crippen molar-refractivity contribution in [1.29, 1.82) is 0 Å². The van der Waals surface area contributed by atoms with Crippen molar-refractivity contribution in [2.24, 2.45) is 0 Å². The summed E-state index contributed by atoms with van der Waals surface area (Å²) in [6.07, 6.45) is 11.7.